The summed E-state index contributed by atoms with van der Waals surface area (Å²) in [6.45, 7) is 2.09. The third kappa shape index (κ3) is 2.26. The van der Waals surface area contributed by atoms with Crippen molar-refractivity contribution in [2.45, 2.75) is 25.3 Å². The van der Waals surface area contributed by atoms with Crippen LogP contribution in [0.15, 0.2) is 30.5 Å². The van der Waals surface area contributed by atoms with Gasteiger partial charge in [-0.1, -0.05) is 31.0 Å². The van der Waals surface area contributed by atoms with Gasteiger partial charge >= 0.3 is 0 Å². The number of H-pyrrole nitrogens is 1. The number of alkyl halides is 1. The van der Waals surface area contributed by atoms with Gasteiger partial charge in [-0.25, -0.2) is 0 Å². The first-order valence-corrected chi connectivity index (χ1v) is 5.61. The molecule has 0 aliphatic heterocycles. The molecule has 1 unspecified atom stereocenters. The Morgan fingerprint density at radius 3 is 3.07 bits per heavy atom. The van der Waals surface area contributed by atoms with E-state index in [0.717, 1.165) is 29.5 Å². The molecule has 3 heteroatoms. The molecular weight excluding hydrogens is 210 g/mol. The summed E-state index contributed by atoms with van der Waals surface area (Å²) in [7, 11) is 0. The summed E-state index contributed by atoms with van der Waals surface area (Å²) < 4.78 is 5.67. The number of ether oxygens (including phenoxy) is 1. The largest absolute Gasteiger partial charge is 0.474 e. The molecule has 0 fully saturated rings. The first-order valence-electron chi connectivity index (χ1n) is 5.18. The smallest absolute Gasteiger partial charge is 0.172 e. The highest BCUT2D eigenvalue weighted by Crippen LogP contribution is 2.26. The highest BCUT2D eigenvalue weighted by atomic mass is 35.5. The summed E-state index contributed by atoms with van der Waals surface area (Å²) in [5.41, 5.74) is 0.836. The van der Waals surface area contributed by atoms with Crippen LogP contribution in [-0.2, 0) is 0 Å². The fourth-order valence-electron chi connectivity index (χ4n) is 1.58. The van der Waals surface area contributed by atoms with Crippen molar-refractivity contribution in [2.24, 2.45) is 0 Å². The van der Waals surface area contributed by atoms with Gasteiger partial charge in [0.2, 0.25) is 0 Å². The molecule has 0 spiro atoms. The fraction of sp³-hybridized carbons (Fsp3) is 0.333. The monoisotopic (exact) mass is 223 g/mol. The number of hydrogen-bond donors (Lipinski definition) is 1. The quantitative estimate of drug-likeness (QED) is 0.781. The number of nitrogens with one attached hydrogen (secondary N) is 1. The second-order valence-electron chi connectivity index (χ2n) is 3.51. The lowest BCUT2D eigenvalue weighted by Gasteiger charge is -2.12. The van der Waals surface area contributed by atoms with Gasteiger partial charge in [0.25, 0.3) is 0 Å². The van der Waals surface area contributed by atoms with Gasteiger partial charge < -0.3 is 9.72 Å². The molecule has 80 valence electrons. The lowest BCUT2D eigenvalue weighted by atomic mass is 10.2. The van der Waals surface area contributed by atoms with Crippen molar-refractivity contribution in [3.63, 3.8) is 0 Å². The number of fused-ring (bicyclic) bond motifs is 1. The standard InChI is InChI=1S/C12H14ClNO/c1-2-4-12(13)15-11-6-3-5-10-9(11)7-8-14-10/h3,5-8,12,14H,2,4H2,1H3. The SMILES string of the molecule is CCCC(Cl)Oc1cccc2[nH]ccc12. The van der Waals surface area contributed by atoms with Gasteiger partial charge in [0, 0.05) is 17.1 Å². The van der Waals surface area contributed by atoms with Crippen LogP contribution in [0.3, 0.4) is 0 Å². The van der Waals surface area contributed by atoms with E-state index in [2.05, 4.69) is 11.9 Å². The minimum absolute atomic E-state index is 0.240. The molecule has 15 heavy (non-hydrogen) atoms. The summed E-state index contributed by atoms with van der Waals surface area (Å²) in [6, 6.07) is 7.93. The maximum Gasteiger partial charge on any atom is 0.172 e. The van der Waals surface area contributed by atoms with Crippen LogP contribution in [0.5, 0.6) is 5.75 Å². The summed E-state index contributed by atoms with van der Waals surface area (Å²) >= 11 is 6.05. The Balaban J connectivity index is 2.23. The number of rotatable bonds is 4. The lowest BCUT2D eigenvalue weighted by molar-refractivity contribution is 0.272. The average Bonchev–Trinajstić information content (AvgIpc) is 2.67. The minimum Gasteiger partial charge on any atom is -0.474 e. The lowest BCUT2D eigenvalue weighted by Crippen LogP contribution is -2.07. The Hall–Kier alpha value is -1.15. The Labute approximate surface area is 94.2 Å². The number of aromatic amines is 1. The molecule has 0 aliphatic rings. The summed E-state index contributed by atoms with van der Waals surface area (Å²) in [5, 5.41) is 1.08. The maximum atomic E-state index is 6.05. The molecule has 0 amide bonds. The first-order chi connectivity index (χ1) is 7.31. The van der Waals surface area contributed by atoms with Crippen LogP contribution in [0.1, 0.15) is 19.8 Å². The molecule has 1 heterocycles. The Bertz CT molecular complexity index is 438. The zero-order chi connectivity index (χ0) is 10.7. The van der Waals surface area contributed by atoms with Gasteiger partial charge in [-0.05, 0) is 24.6 Å². The predicted octanol–water partition coefficient (Wildman–Crippen LogP) is 3.91. The van der Waals surface area contributed by atoms with Gasteiger partial charge in [0.05, 0.1) is 0 Å². The molecule has 1 N–H and O–H groups in total. The van der Waals surface area contributed by atoms with E-state index in [9.17, 15) is 0 Å². The van der Waals surface area contributed by atoms with Crippen LogP contribution < -0.4 is 4.74 Å². The second-order valence-corrected chi connectivity index (χ2v) is 4.00. The van der Waals surface area contributed by atoms with Crippen LogP contribution in [0.2, 0.25) is 0 Å². The van der Waals surface area contributed by atoms with Crippen LogP contribution in [0, 0.1) is 0 Å². The topological polar surface area (TPSA) is 25.0 Å². The van der Waals surface area contributed by atoms with Crippen molar-refractivity contribution in [3.8, 4) is 5.75 Å². The van der Waals surface area contributed by atoms with Gasteiger partial charge in [-0.2, -0.15) is 0 Å². The maximum absolute atomic E-state index is 6.05. The van der Waals surface area contributed by atoms with Crippen LogP contribution in [-0.4, -0.2) is 10.5 Å². The molecule has 0 saturated heterocycles. The normalized spacial score (nSPS) is 12.9. The van der Waals surface area contributed by atoms with E-state index in [-0.39, 0.29) is 5.56 Å². The highest BCUT2D eigenvalue weighted by molar-refractivity contribution is 6.19. The summed E-state index contributed by atoms with van der Waals surface area (Å²) in [6.07, 6.45) is 3.79. The number of halogens is 1. The van der Waals surface area contributed by atoms with E-state index in [1.807, 2.05) is 30.5 Å². The number of aromatic nitrogens is 1. The predicted molar refractivity (Wildman–Crippen MR) is 63.5 cm³/mol. The van der Waals surface area contributed by atoms with E-state index in [1.54, 1.807) is 0 Å². The van der Waals surface area contributed by atoms with E-state index in [4.69, 9.17) is 16.3 Å². The van der Waals surface area contributed by atoms with Crippen molar-refractivity contribution >= 4 is 22.5 Å². The van der Waals surface area contributed by atoms with Gasteiger partial charge in [0.15, 0.2) is 5.56 Å². The van der Waals surface area contributed by atoms with Gasteiger partial charge in [-0.15, -0.1) is 0 Å². The molecule has 0 bridgehead atoms. The van der Waals surface area contributed by atoms with E-state index < -0.39 is 0 Å². The van der Waals surface area contributed by atoms with Crippen molar-refractivity contribution < 1.29 is 4.74 Å². The molecule has 2 nitrogen and oxygen atoms in total. The van der Waals surface area contributed by atoms with Crippen LogP contribution in [0.25, 0.3) is 10.9 Å². The molecule has 2 aromatic rings. The van der Waals surface area contributed by atoms with E-state index in [0.29, 0.717) is 0 Å². The number of benzene rings is 1. The fourth-order valence-corrected chi connectivity index (χ4v) is 1.90. The van der Waals surface area contributed by atoms with Gasteiger partial charge in [-0.3, -0.25) is 0 Å². The molecule has 1 aromatic carbocycles. The molecule has 1 atom stereocenters. The zero-order valence-corrected chi connectivity index (χ0v) is 9.42. The van der Waals surface area contributed by atoms with Crippen molar-refractivity contribution in [3.05, 3.63) is 30.5 Å². The van der Waals surface area contributed by atoms with Gasteiger partial charge in [0.1, 0.15) is 5.75 Å². The van der Waals surface area contributed by atoms with Crippen molar-refractivity contribution in [1.29, 1.82) is 0 Å². The molecule has 0 radical (unpaired) electrons. The third-order valence-electron chi connectivity index (χ3n) is 2.33. The minimum atomic E-state index is -0.240. The Morgan fingerprint density at radius 2 is 2.27 bits per heavy atom. The number of hydrogen-bond acceptors (Lipinski definition) is 1. The summed E-state index contributed by atoms with van der Waals surface area (Å²) in [4.78, 5) is 3.14. The first kappa shape index (κ1) is 10.4. The Morgan fingerprint density at radius 1 is 1.40 bits per heavy atom. The molecular formula is C12H14ClNO. The second kappa shape index (κ2) is 4.58. The summed E-state index contributed by atoms with van der Waals surface area (Å²) in [5.74, 6) is 0.849. The Kier molecular flexibility index (Phi) is 3.17. The molecule has 2 rings (SSSR count). The molecule has 1 aromatic heterocycles. The average molecular weight is 224 g/mol. The van der Waals surface area contributed by atoms with Crippen molar-refractivity contribution in [1.82, 2.24) is 4.98 Å². The molecule has 0 aliphatic carbocycles. The third-order valence-corrected chi connectivity index (χ3v) is 2.63. The van der Waals surface area contributed by atoms with E-state index in [1.165, 1.54) is 0 Å². The van der Waals surface area contributed by atoms with Crippen LogP contribution in [0.4, 0.5) is 0 Å². The van der Waals surface area contributed by atoms with E-state index >= 15 is 0 Å². The molecule has 0 saturated carbocycles. The highest BCUT2D eigenvalue weighted by Gasteiger charge is 2.08. The zero-order valence-electron chi connectivity index (χ0n) is 8.66. The van der Waals surface area contributed by atoms with Crippen molar-refractivity contribution in [2.75, 3.05) is 0 Å². The van der Waals surface area contributed by atoms with Crippen LogP contribution >= 0.6 is 11.6 Å².